The van der Waals surface area contributed by atoms with Crippen molar-refractivity contribution in [2.24, 2.45) is 5.73 Å². The van der Waals surface area contributed by atoms with Gasteiger partial charge in [0.1, 0.15) is 0 Å². The average molecular weight is 204 g/mol. The Morgan fingerprint density at radius 2 is 2.20 bits per heavy atom. The number of rotatable bonds is 3. The number of nitrogens with zero attached hydrogens (tertiary/aromatic N) is 1. The van der Waals surface area contributed by atoms with Gasteiger partial charge in [0.25, 0.3) is 0 Å². The van der Waals surface area contributed by atoms with Gasteiger partial charge in [0.15, 0.2) is 0 Å². The molecule has 2 N–H and O–H groups in total. The number of anilines is 1. The van der Waals surface area contributed by atoms with Gasteiger partial charge in [-0.3, -0.25) is 0 Å². The Kier molecular flexibility index (Phi) is 3.27. The molecule has 2 rings (SSSR count). The number of para-hydroxylation sites is 1. The van der Waals surface area contributed by atoms with E-state index < -0.39 is 0 Å². The predicted octanol–water partition coefficient (Wildman–Crippen LogP) is 2.18. The van der Waals surface area contributed by atoms with Crippen LogP contribution in [-0.4, -0.2) is 19.1 Å². The van der Waals surface area contributed by atoms with Crippen LogP contribution >= 0.6 is 0 Å². The van der Waals surface area contributed by atoms with Crippen molar-refractivity contribution in [1.82, 2.24) is 0 Å². The Balaban J connectivity index is 2.25. The Bertz CT molecular complexity index is 322. The molecule has 82 valence electrons. The van der Waals surface area contributed by atoms with E-state index in [9.17, 15) is 0 Å². The second-order valence-corrected chi connectivity index (χ2v) is 4.35. The lowest BCUT2D eigenvalue weighted by Crippen LogP contribution is -2.27. The minimum absolute atomic E-state index is 0.684. The summed E-state index contributed by atoms with van der Waals surface area (Å²) in [5, 5.41) is 0. The van der Waals surface area contributed by atoms with E-state index in [1.54, 1.807) is 0 Å². The molecular weight excluding hydrogens is 184 g/mol. The van der Waals surface area contributed by atoms with Crippen LogP contribution in [0.2, 0.25) is 0 Å². The number of benzene rings is 1. The molecule has 0 radical (unpaired) electrons. The first kappa shape index (κ1) is 10.5. The molecule has 1 atom stereocenters. The molecule has 1 aliphatic heterocycles. The first-order valence-electron chi connectivity index (χ1n) is 5.87. The maximum absolute atomic E-state index is 5.64. The Morgan fingerprint density at radius 3 is 2.87 bits per heavy atom. The van der Waals surface area contributed by atoms with Gasteiger partial charge in [-0.05, 0) is 44.4 Å². The summed E-state index contributed by atoms with van der Waals surface area (Å²) in [7, 11) is 0. The van der Waals surface area contributed by atoms with Crippen LogP contribution in [0.3, 0.4) is 0 Å². The van der Waals surface area contributed by atoms with Crippen molar-refractivity contribution in [3.05, 3.63) is 29.8 Å². The molecule has 0 saturated carbocycles. The van der Waals surface area contributed by atoms with E-state index in [1.807, 2.05) is 0 Å². The van der Waals surface area contributed by atoms with Crippen molar-refractivity contribution in [3.8, 4) is 0 Å². The normalized spacial score (nSPS) is 20.9. The zero-order valence-corrected chi connectivity index (χ0v) is 9.45. The van der Waals surface area contributed by atoms with Crippen molar-refractivity contribution in [2.45, 2.75) is 32.2 Å². The van der Waals surface area contributed by atoms with E-state index in [-0.39, 0.29) is 0 Å². The monoisotopic (exact) mass is 204 g/mol. The van der Waals surface area contributed by atoms with Gasteiger partial charge in [-0.1, -0.05) is 18.2 Å². The largest absolute Gasteiger partial charge is 0.369 e. The molecule has 0 aromatic heterocycles. The van der Waals surface area contributed by atoms with Crippen molar-refractivity contribution >= 4 is 5.69 Å². The Hall–Kier alpha value is -1.02. The smallest absolute Gasteiger partial charge is 0.0401 e. The highest BCUT2D eigenvalue weighted by Gasteiger charge is 2.21. The van der Waals surface area contributed by atoms with Gasteiger partial charge in [-0.2, -0.15) is 0 Å². The SMILES string of the molecule is CC1CCCN1c1ccccc1CCN. The maximum Gasteiger partial charge on any atom is 0.0401 e. The minimum Gasteiger partial charge on any atom is -0.369 e. The molecule has 2 nitrogen and oxygen atoms in total. The van der Waals surface area contributed by atoms with Crippen molar-refractivity contribution < 1.29 is 0 Å². The fourth-order valence-corrected chi connectivity index (χ4v) is 2.45. The highest BCUT2D eigenvalue weighted by atomic mass is 15.2. The molecule has 0 spiro atoms. The lowest BCUT2D eigenvalue weighted by molar-refractivity contribution is 0.731. The topological polar surface area (TPSA) is 29.3 Å². The zero-order valence-electron chi connectivity index (χ0n) is 9.45. The van der Waals surface area contributed by atoms with Gasteiger partial charge in [-0.25, -0.2) is 0 Å². The van der Waals surface area contributed by atoms with Crippen LogP contribution in [0.5, 0.6) is 0 Å². The fourth-order valence-electron chi connectivity index (χ4n) is 2.45. The molecule has 2 heteroatoms. The first-order valence-corrected chi connectivity index (χ1v) is 5.87. The molecule has 0 aliphatic carbocycles. The number of hydrogen-bond acceptors (Lipinski definition) is 2. The second-order valence-electron chi connectivity index (χ2n) is 4.35. The summed E-state index contributed by atoms with van der Waals surface area (Å²) in [4.78, 5) is 2.52. The highest BCUT2D eigenvalue weighted by Crippen LogP contribution is 2.28. The second kappa shape index (κ2) is 4.67. The summed E-state index contributed by atoms with van der Waals surface area (Å²) in [6.45, 7) is 4.24. The molecule has 1 unspecified atom stereocenters. The summed E-state index contributed by atoms with van der Waals surface area (Å²) < 4.78 is 0. The van der Waals surface area contributed by atoms with E-state index in [2.05, 4.69) is 36.1 Å². The third-order valence-electron chi connectivity index (χ3n) is 3.27. The standard InChI is InChI=1S/C13H20N2/c1-11-5-4-10-15(11)13-7-3-2-6-12(13)8-9-14/h2-3,6-7,11H,4-5,8-10,14H2,1H3. The van der Waals surface area contributed by atoms with Crippen LogP contribution in [-0.2, 0) is 6.42 Å². The summed E-state index contributed by atoms with van der Waals surface area (Å²) in [6, 6.07) is 9.35. The fraction of sp³-hybridized carbons (Fsp3) is 0.538. The third kappa shape index (κ3) is 2.15. The van der Waals surface area contributed by atoms with Crippen LogP contribution in [0, 0.1) is 0 Å². The van der Waals surface area contributed by atoms with Crippen LogP contribution in [0.1, 0.15) is 25.3 Å². The van der Waals surface area contributed by atoms with Gasteiger partial charge in [-0.15, -0.1) is 0 Å². The Morgan fingerprint density at radius 1 is 1.40 bits per heavy atom. The summed E-state index contributed by atoms with van der Waals surface area (Å²) in [6.07, 6.45) is 3.62. The van der Waals surface area contributed by atoms with Crippen LogP contribution in [0.25, 0.3) is 0 Å². The molecular formula is C13H20N2. The third-order valence-corrected chi connectivity index (χ3v) is 3.27. The van der Waals surface area contributed by atoms with Gasteiger partial charge >= 0.3 is 0 Å². The van der Waals surface area contributed by atoms with E-state index in [0.717, 1.165) is 13.0 Å². The molecule has 1 heterocycles. The molecule has 1 aromatic rings. The molecule has 0 amide bonds. The Labute approximate surface area is 92.1 Å². The predicted molar refractivity (Wildman–Crippen MR) is 65.2 cm³/mol. The average Bonchev–Trinajstić information content (AvgIpc) is 2.66. The lowest BCUT2D eigenvalue weighted by Gasteiger charge is -2.26. The summed E-state index contributed by atoms with van der Waals surface area (Å²) >= 11 is 0. The molecule has 0 bridgehead atoms. The van der Waals surface area contributed by atoms with Gasteiger partial charge in [0.2, 0.25) is 0 Å². The summed E-state index contributed by atoms with van der Waals surface area (Å²) in [5.74, 6) is 0. The number of nitrogens with two attached hydrogens (primary N) is 1. The molecule has 1 fully saturated rings. The first-order chi connectivity index (χ1) is 7.33. The van der Waals surface area contributed by atoms with Crippen LogP contribution in [0.4, 0.5) is 5.69 Å². The molecule has 1 aromatic carbocycles. The molecule has 15 heavy (non-hydrogen) atoms. The molecule has 1 saturated heterocycles. The minimum atomic E-state index is 0.684. The van der Waals surface area contributed by atoms with Gasteiger partial charge in [0.05, 0.1) is 0 Å². The summed E-state index contributed by atoms with van der Waals surface area (Å²) in [5.41, 5.74) is 8.44. The quantitative estimate of drug-likeness (QED) is 0.817. The van der Waals surface area contributed by atoms with Gasteiger partial charge < -0.3 is 10.6 Å². The van der Waals surface area contributed by atoms with Gasteiger partial charge in [0, 0.05) is 18.3 Å². The van der Waals surface area contributed by atoms with E-state index in [4.69, 9.17) is 5.73 Å². The van der Waals surface area contributed by atoms with Crippen molar-refractivity contribution in [3.63, 3.8) is 0 Å². The van der Waals surface area contributed by atoms with Crippen molar-refractivity contribution in [1.29, 1.82) is 0 Å². The van der Waals surface area contributed by atoms with Crippen LogP contribution in [0.15, 0.2) is 24.3 Å². The zero-order chi connectivity index (χ0) is 10.7. The lowest BCUT2D eigenvalue weighted by atomic mass is 10.1. The van der Waals surface area contributed by atoms with E-state index in [1.165, 1.54) is 30.6 Å². The van der Waals surface area contributed by atoms with Crippen LogP contribution < -0.4 is 10.6 Å². The van der Waals surface area contributed by atoms with Crippen molar-refractivity contribution in [2.75, 3.05) is 18.0 Å². The molecule has 1 aliphatic rings. The maximum atomic E-state index is 5.64. The van der Waals surface area contributed by atoms with E-state index >= 15 is 0 Å². The highest BCUT2D eigenvalue weighted by molar-refractivity contribution is 5.55. The van der Waals surface area contributed by atoms with E-state index in [0.29, 0.717) is 6.04 Å². The number of hydrogen-bond donors (Lipinski definition) is 1.